The molecule has 0 aliphatic heterocycles. The maximum atomic E-state index is 11.8. The predicted molar refractivity (Wildman–Crippen MR) is 91.8 cm³/mol. The third kappa shape index (κ3) is 1.96. The summed E-state index contributed by atoms with van der Waals surface area (Å²) < 4.78 is 0. The van der Waals surface area contributed by atoms with Gasteiger partial charge >= 0.3 is 0 Å². The zero-order valence-corrected chi connectivity index (χ0v) is 14.7. The molecular weight excluding hydrogens is 300 g/mol. The molecule has 3 saturated carbocycles. The summed E-state index contributed by atoms with van der Waals surface area (Å²) in [6, 6.07) is 0. The monoisotopic (exact) mass is 328 g/mol. The number of fused-ring (bicyclic) bond motifs is 5. The van der Waals surface area contributed by atoms with Gasteiger partial charge in [0.1, 0.15) is 5.60 Å². The maximum Gasteiger partial charge on any atom is 0.155 e. The first-order chi connectivity index (χ1) is 11.3. The highest BCUT2D eigenvalue weighted by atomic mass is 16.3. The van der Waals surface area contributed by atoms with E-state index in [1.807, 2.05) is 6.08 Å². The van der Waals surface area contributed by atoms with E-state index in [0.29, 0.717) is 36.5 Å². The first-order valence-electron chi connectivity index (χ1n) is 9.42. The van der Waals surface area contributed by atoms with Gasteiger partial charge in [-0.15, -0.1) is 6.42 Å². The van der Waals surface area contributed by atoms with Crippen molar-refractivity contribution in [2.75, 3.05) is 0 Å². The second-order valence-corrected chi connectivity index (χ2v) is 9.01. The van der Waals surface area contributed by atoms with Crippen LogP contribution in [0.5, 0.6) is 0 Å². The van der Waals surface area contributed by atoms with Crippen molar-refractivity contribution in [1.29, 1.82) is 0 Å². The minimum Gasteiger partial charge on any atom is -0.393 e. The summed E-state index contributed by atoms with van der Waals surface area (Å²) >= 11 is 0. The minimum absolute atomic E-state index is 0.0616. The van der Waals surface area contributed by atoms with E-state index in [2.05, 4.69) is 19.8 Å². The minimum atomic E-state index is -1.19. The molecular formula is C21H28O3. The van der Waals surface area contributed by atoms with Crippen molar-refractivity contribution in [2.45, 2.75) is 64.1 Å². The first-order valence-corrected chi connectivity index (χ1v) is 9.42. The van der Waals surface area contributed by atoms with Crippen molar-refractivity contribution in [3.63, 3.8) is 0 Å². The number of hydrogen-bond donors (Lipinski definition) is 2. The van der Waals surface area contributed by atoms with E-state index in [9.17, 15) is 15.0 Å². The van der Waals surface area contributed by atoms with Crippen molar-refractivity contribution < 1.29 is 15.0 Å². The molecule has 3 fully saturated rings. The molecule has 130 valence electrons. The van der Waals surface area contributed by atoms with Gasteiger partial charge in [-0.25, -0.2) is 0 Å². The van der Waals surface area contributed by atoms with Crippen LogP contribution in [0.3, 0.4) is 0 Å². The van der Waals surface area contributed by atoms with Gasteiger partial charge in [0, 0.05) is 18.3 Å². The molecule has 0 amide bonds. The Balaban J connectivity index is 1.74. The SMILES string of the molecule is C#C[C@]1(O)C[C@H](O)[C@H]2[C@H]3[C@H](CC[C@@]21C)[C@H]1CCC(=O)C=C1C[C@H]3C. The Bertz CT molecular complexity index is 644. The van der Waals surface area contributed by atoms with E-state index >= 15 is 0 Å². The molecule has 4 aliphatic rings. The van der Waals surface area contributed by atoms with Crippen LogP contribution in [-0.2, 0) is 4.79 Å². The Hall–Kier alpha value is -1.11. The van der Waals surface area contributed by atoms with E-state index in [0.717, 1.165) is 25.7 Å². The van der Waals surface area contributed by atoms with Crippen LogP contribution in [-0.4, -0.2) is 27.7 Å². The summed E-state index contributed by atoms with van der Waals surface area (Å²) in [6.45, 7) is 4.34. The highest BCUT2D eigenvalue weighted by molar-refractivity contribution is 5.91. The second kappa shape index (κ2) is 5.19. The number of aliphatic hydroxyl groups is 2. The molecule has 2 N–H and O–H groups in total. The molecule has 3 nitrogen and oxygen atoms in total. The molecule has 0 saturated heterocycles. The fourth-order valence-electron chi connectivity index (χ4n) is 6.89. The number of terminal acetylenes is 1. The molecule has 24 heavy (non-hydrogen) atoms. The molecule has 0 aromatic carbocycles. The fourth-order valence-corrected chi connectivity index (χ4v) is 6.89. The average Bonchev–Trinajstić information content (AvgIpc) is 2.74. The van der Waals surface area contributed by atoms with Crippen LogP contribution in [0.15, 0.2) is 11.6 Å². The van der Waals surface area contributed by atoms with Crippen LogP contribution in [0.25, 0.3) is 0 Å². The van der Waals surface area contributed by atoms with Gasteiger partial charge in [0.25, 0.3) is 0 Å². The average molecular weight is 328 g/mol. The Kier molecular flexibility index (Phi) is 3.54. The standard InChI is InChI=1S/C21H28O3/c1-4-21(24)11-17(23)19-18-12(2)9-13-10-14(22)5-6-15(13)16(18)7-8-20(19,21)3/h1,10,12,15-19,23-24H,5-9,11H2,2-3H3/t12-,15+,16-,17+,18-,19+,20+,21+/m1/s1. The van der Waals surface area contributed by atoms with Crippen LogP contribution in [0.4, 0.5) is 0 Å². The zero-order valence-electron chi connectivity index (χ0n) is 14.7. The number of allylic oxidation sites excluding steroid dienone is 1. The highest BCUT2D eigenvalue weighted by Gasteiger charge is 2.66. The number of rotatable bonds is 0. The molecule has 4 aliphatic carbocycles. The van der Waals surface area contributed by atoms with Crippen LogP contribution in [0.1, 0.15) is 52.4 Å². The van der Waals surface area contributed by atoms with Gasteiger partial charge < -0.3 is 10.2 Å². The van der Waals surface area contributed by atoms with Crippen molar-refractivity contribution >= 4 is 5.78 Å². The smallest absolute Gasteiger partial charge is 0.155 e. The summed E-state index contributed by atoms with van der Waals surface area (Å²) in [5.41, 5.74) is -0.258. The van der Waals surface area contributed by atoms with E-state index in [1.165, 1.54) is 5.57 Å². The summed E-state index contributed by atoms with van der Waals surface area (Å²) in [7, 11) is 0. The van der Waals surface area contributed by atoms with Crippen molar-refractivity contribution in [3.8, 4) is 12.3 Å². The molecule has 0 spiro atoms. The largest absolute Gasteiger partial charge is 0.393 e. The number of hydrogen-bond acceptors (Lipinski definition) is 3. The molecule has 0 aromatic rings. The quantitative estimate of drug-likeness (QED) is 0.672. The fraction of sp³-hybridized carbons (Fsp3) is 0.762. The molecule has 0 unspecified atom stereocenters. The molecule has 0 heterocycles. The van der Waals surface area contributed by atoms with Gasteiger partial charge in [-0.1, -0.05) is 25.3 Å². The molecule has 4 rings (SSSR count). The van der Waals surface area contributed by atoms with E-state index in [-0.39, 0.29) is 11.7 Å². The zero-order chi connectivity index (χ0) is 17.3. The van der Waals surface area contributed by atoms with Crippen LogP contribution < -0.4 is 0 Å². The molecule has 3 heteroatoms. The van der Waals surface area contributed by atoms with E-state index in [4.69, 9.17) is 6.42 Å². The van der Waals surface area contributed by atoms with Crippen molar-refractivity contribution in [1.82, 2.24) is 0 Å². The number of aliphatic hydroxyl groups excluding tert-OH is 1. The van der Waals surface area contributed by atoms with Crippen molar-refractivity contribution in [3.05, 3.63) is 11.6 Å². The maximum absolute atomic E-state index is 11.8. The predicted octanol–water partition coefficient (Wildman–Crippen LogP) is 2.71. The number of carbonyl (C=O) groups excluding carboxylic acids is 1. The van der Waals surface area contributed by atoms with E-state index in [1.54, 1.807) is 0 Å². The van der Waals surface area contributed by atoms with Crippen LogP contribution in [0.2, 0.25) is 0 Å². The lowest BCUT2D eigenvalue weighted by Crippen LogP contribution is -2.55. The highest BCUT2D eigenvalue weighted by Crippen LogP contribution is 2.65. The van der Waals surface area contributed by atoms with Gasteiger partial charge in [-0.05, 0) is 61.3 Å². The van der Waals surface area contributed by atoms with Crippen molar-refractivity contribution in [2.24, 2.45) is 35.0 Å². The Morgan fingerprint density at radius 2 is 2.12 bits per heavy atom. The normalized spacial score (nSPS) is 53.5. The molecule has 0 aromatic heterocycles. The van der Waals surface area contributed by atoms with Gasteiger partial charge in [0.05, 0.1) is 6.10 Å². The lowest BCUT2D eigenvalue weighted by atomic mass is 9.48. The number of carbonyl (C=O) groups is 1. The molecule has 8 atom stereocenters. The lowest BCUT2D eigenvalue weighted by molar-refractivity contribution is -0.120. The molecule has 0 radical (unpaired) electrons. The van der Waals surface area contributed by atoms with Gasteiger partial charge in [-0.3, -0.25) is 4.79 Å². The van der Waals surface area contributed by atoms with Gasteiger partial charge in [-0.2, -0.15) is 0 Å². The number of ketones is 1. The second-order valence-electron chi connectivity index (χ2n) is 9.01. The first kappa shape index (κ1) is 16.4. The topological polar surface area (TPSA) is 57.5 Å². The Morgan fingerprint density at radius 1 is 1.38 bits per heavy atom. The molecule has 0 bridgehead atoms. The van der Waals surface area contributed by atoms with Crippen LogP contribution >= 0.6 is 0 Å². The Morgan fingerprint density at radius 3 is 2.83 bits per heavy atom. The van der Waals surface area contributed by atoms with E-state index < -0.39 is 17.1 Å². The third-order valence-electron chi connectivity index (χ3n) is 8.00. The summed E-state index contributed by atoms with van der Waals surface area (Å²) in [4.78, 5) is 11.8. The Labute approximate surface area is 144 Å². The van der Waals surface area contributed by atoms with Gasteiger partial charge in [0.15, 0.2) is 5.78 Å². The third-order valence-corrected chi connectivity index (χ3v) is 8.00. The summed E-state index contributed by atoms with van der Waals surface area (Å²) in [5, 5.41) is 21.8. The van der Waals surface area contributed by atoms with Gasteiger partial charge in [0.2, 0.25) is 0 Å². The van der Waals surface area contributed by atoms with Crippen LogP contribution in [0, 0.1) is 47.3 Å². The summed E-state index contributed by atoms with van der Waals surface area (Å²) in [6.07, 6.45) is 11.8. The summed E-state index contributed by atoms with van der Waals surface area (Å²) in [5.74, 6) is 4.76. The lowest BCUT2D eigenvalue weighted by Gasteiger charge is -2.57.